The lowest BCUT2D eigenvalue weighted by Crippen LogP contribution is -2.28. The Hall–Kier alpha value is -3.31. The van der Waals surface area contributed by atoms with Gasteiger partial charge in [-0.15, -0.1) is 4.40 Å². The van der Waals surface area contributed by atoms with E-state index in [-0.39, 0.29) is 35.3 Å². The quantitative estimate of drug-likeness (QED) is 0.436. The second-order valence-electron chi connectivity index (χ2n) is 5.67. The van der Waals surface area contributed by atoms with E-state index in [1.165, 1.54) is 36.5 Å². The molecular formula is C17H16N4O6S. The summed E-state index contributed by atoms with van der Waals surface area (Å²) in [4.78, 5) is 10.6. The number of nitro groups is 1. The van der Waals surface area contributed by atoms with Crippen molar-refractivity contribution in [1.82, 2.24) is 5.01 Å². The Balaban J connectivity index is 1.97. The number of nitro benzene ring substituents is 1. The number of hydrazone groups is 1. The molecule has 0 amide bonds. The van der Waals surface area contributed by atoms with Gasteiger partial charge in [-0.05, 0) is 24.3 Å². The highest BCUT2D eigenvalue weighted by Gasteiger charge is 2.31. The number of nitrogens with zero attached hydrogens (tertiary/aromatic N) is 4. The van der Waals surface area contributed by atoms with Crippen LogP contribution in [0.4, 0.5) is 5.69 Å². The zero-order chi connectivity index (χ0) is 20.3. The van der Waals surface area contributed by atoms with Crippen molar-refractivity contribution in [1.29, 1.82) is 0 Å². The third kappa shape index (κ3) is 3.70. The van der Waals surface area contributed by atoms with Crippen molar-refractivity contribution in [2.24, 2.45) is 9.50 Å². The number of fused-ring (bicyclic) bond motifs is 1. The topological polar surface area (TPSA) is 135 Å². The second kappa shape index (κ2) is 7.74. The van der Waals surface area contributed by atoms with Crippen LogP contribution in [0.1, 0.15) is 11.1 Å². The summed E-state index contributed by atoms with van der Waals surface area (Å²) >= 11 is 0. The zero-order valence-electron chi connectivity index (χ0n) is 14.7. The fourth-order valence-corrected chi connectivity index (χ4v) is 3.86. The summed E-state index contributed by atoms with van der Waals surface area (Å²) in [5.74, 6) is 0.179. The molecule has 0 unspecified atom stereocenters. The molecule has 10 nitrogen and oxygen atoms in total. The number of aliphatic hydroxyl groups excluding tert-OH is 1. The van der Waals surface area contributed by atoms with Crippen molar-refractivity contribution in [3.63, 3.8) is 0 Å². The molecule has 0 spiro atoms. The van der Waals surface area contributed by atoms with E-state index in [1.54, 1.807) is 24.3 Å². The van der Waals surface area contributed by atoms with Crippen molar-refractivity contribution >= 4 is 27.8 Å². The van der Waals surface area contributed by atoms with Crippen LogP contribution in [-0.4, -0.2) is 55.8 Å². The maximum Gasteiger partial charge on any atom is 0.311 e. The molecular weight excluding hydrogens is 388 g/mol. The first-order valence-corrected chi connectivity index (χ1v) is 9.50. The maximum atomic E-state index is 12.2. The number of benzene rings is 2. The molecule has 0 radical (unpaired) electrons. The molecule has 28 heavy (non-hydrogen) atoms. The van der Waals surface area contributed by atoms with E-state index in [2.05, 4.69) is 9.50 Å². The van der Waals surface area contributed by atoms with Gasteiger partial charge in [0.15, 0.2) is 11.6 Å². The van der Waals surface area contributed by atoms with Crippen LogP contribution < -0.4 is 4.74 Å². The van der Waals surface area contributed by atoms with E-state index in [0.717, 1.165) is 0 Å². The van der Waals surface area contributed by atoms with E-state index < -0.39 is 14.9 Å². The van der Waals surface area contributed by atoms with Gasteiger partial charge in [-0.2, -0.15) is 13.5 Å². The van der Waals surface area contributed by atoms with Crippen LogP contribution in [0.15, 0.2) is 56.9 Å². The third-order valence-electron chi connectivity index (χ3n) is 3.91. The van der Waals surface area contributed by atoms with E-state index >= 15 is 0 Å². The lowest BCUT2D eigenvalue weighted by atomic mass is 10.2. The second-order valence-corrected chi connectivity index (χ2v) is 7.24. The highest BCUT2D eigenvalue weighted by atomic mass is 32.2. The van der Waals surface area contributed by atoms with Crippen molar-refractivity contribution in [3.05, 3.63) is 63.7 Å². The normalized spacial score (nSPS) is 14.6. The van der Waals surface area contributed by atoms with Gasteiger partial charge in [0.25, 0.3) is 10.0 Å². The Morgan fingerprint density at radius 1 is 1.32 bits per heavy atom. The molecule has 0 fully saturated rings. The smallest absolute Gasteiger partial charge is 0.311 e. The van der Waals surface area contributed by atoms with E-state index in [4.69, 9.17) is 4.74 Å². The number of rotatable bonds is 6. The SMILES string of the molecule is COc1ccc(/C=N\N(CCO)C2=NS(=O)(=O)c3ccccc32)cc1[N+](=O)[O-]. The van der Waals surface area contributed by atoms with Crippen molar-refractivity contribution in [2.75, 3.05) is 20.3 Å². The van der Waals surface area contributed by atoms with Crippen LogP contribution in [0.2, 0.25) is 0 Å². The number of amidine groups is 1. The molecule has 0 atom stereocenters. The molecule has 146 valence electrons. The van der Waals surface area contributed by atoms with Crippen LogP contribution in [0, 0.1) is 10.1 Å². The Morgan fingerprint density at radius 2 is 2.07 bits per heavy atom. The summed E-state index contributed by atoms with van der Waals surface area (Å²) in [5, 5.41) is 25.9. The van der Waals surface area contributed by atoms with E-state index in [0.29, 0.717) is 11.1 Å². The Morgan fingerprint density at radius 3 is 2.75 bits per heavy atom. The van der Waals surface area contributed by atoms with Crippen molar-refractivity contribution < 1.29 is 23.2 Å². The number of aliphatic hydroxyl groups is 1. The highest BCUT2D eigenvalue weighted by Crippen LogP contribution is 2.28. The predicted molar refractivity (Wildman–Crippen MR) is 101 cm³/mol. The molecule has 1 heterocycles. The van der Waals surface area contributed by atoms with Crippen molar-refractivity contribution in [2.45, 2.75) is 4.90 Å². The maximum absolute atomic E-state index is 12.2. The molecule has 11 heteroatoms. The monoisotopic (exact) mass is 404 g/mol. The summed E-state index contributed by atoms with van der Waals surface area (Å²) < 4.78 is 33.1. The molecule has 0 saturated carbocycles. The van der Waals surface area contributed by atoms with Crippen LogP contribution in [0.25, 0.3) is 0 Å². The minimum atomic E-state index is -3.84. The lowest BCUT2D eigenvalue weighted by Gasteiger charge is -2.17. The highest BCUT2D eigenvalue weighted by molar-refractivity contribution is 7.90. The van der Waals surface area contributed by atoms with Crippen LogP contribution in [0.3, 0.4) is 0 Å². The molecule has 0 aliphatic carbocycles. The average molecular weight is 404 g/mol. The molecule has 0 saturated heterocycles. The first-order valence-electron chi connectivity index (χ1n) is 8.06. The van der Waals surface area contributed by atoms with Gasteiger partial charge >= 0.3 is 5.69 Å². The summed E-state index contributed by atoms with van der Waals surface area (Å²) in [6, 6.07) is 10.6. The number of methoxy groups -OCH3 is 1. The minimum Gasteiger partial charge on any atom is -0.490 e. The van der Waals surface area contributed by atoms with Gasteiger partial charge in [-0.1, -0.05) is 12.1 Å². The molecule has 2 aromatic rings. The number of hydrogen-bond donors (Lipinski definition) is 1. The predicted octanol–water partition coefficient (Wildman–Crippen LogP) is 1.38. The Labute approximate surface area is 160 Å². The Kier molecular flexibility index (Phi) is 5.38. The van der Waals surface area contributed by atoms with Crippen molar-refractivity contribution in [3.8, 4) is 5.75 Å². The molecule has 0 bridgehead atoms. The fourth-order valence-electron chi connectivity index (χ4n) is 2.65. The summed E-state index contributed by atoms with van der Waals surface area (Å²) in [7, 11) is -2.51. The van der Waals surface area contributed by atoms with Gasteiger partial charge in [-0.3, -0.25) is 10.1 Å². The number of sulfonamides is 1. The Bertz CT molecular complexity index is 1080. The number of hydrogen-bond acceptors (Lipinski definition) is 8. The van der Waals surface area contributed by atoms with Gasteiger partial charge in [-0.25, -0.2) is 5.01 Å². The molecule has 2 aromatic carbocycles. The van der Waals surface area contributed by atoms with Gasteiger partial charge in [0.2, 0.25) is 0 Å². The zero-order valence-corrected chi connectivity index (χ0v) is 15.5. The van der Waals surface area contributed by atoms with Crippen LogP contribution >= 0.6 is 0 Å². The molecule has 1 aliphatic rings. The fraction of sp³-hybridized carbons (Fsp3) is 0.176. The average Bonchev–Trinajstić information content (AvgIpc) is 2.96. The lowest BCUT2D eigenvalue weighted by molar-refractivity contribution is -0.385. The molecule has 3 rings (SSSR count). The molecule has 1 aliphatic heterocycles. The summed E-state index contributed by atoms with van der Waals surface area (Å²) in [6.07, 6.45) is 1.32. The van der Waals surface area contributed by atoms with Crippen LogP contribution in [0.5, 0.6) is 5.75 Å². The van der Waals surface area contributed by atoms with Gasteiger partial charge in [0, 0.05) is 17.2 Å². The molecule has 1 N–H and O–H groups in total. The van der Waals surface area contributed by atoms with Gasteiger partial charge in [0.1, 0.15) is 4.90 Å². The largest absolute Gasteiger partial charge is 0.490 e. The standard InChI is InChI=1S/C17H16N4O6S/c1-27-15-7-6-12(10-14(15)21(23)24)11-18-20(8-9-22)17-13-4-2-3-5-16(13)28(25,26)19-17/h2-7,10-11,22H,8-9H2,1H3/b18-11-. The first-order chi connectivity index (χ1) is 13.4. The first kappa shape index (κ1) is 19.5. The number of ether oxygens (including phenoxy) is 1. The minimum absolute atomic E-state index is 0.0164. The van der Waals surface area contributed by atoms with E-state index in [9.17, 15) is 23.6 Å². The molecule has 0 aromatic heterocycles. The third-order valence-corrected chi connectivity index (χ3v) is 5.24. The van der Waals surface area contributed by atoms with E-state index in [1.807, 2.05) is 0 Å². The van der Waals surface area contributed by atoms with Gasteiger partial charge in [0.05, 0.1) is 31.4 Å². The van der Waals surface area contributed by atoms with Crippen LogP contribution in [-0.2, 0) is 10.0 Å². The summed E-state index contributed by atoms with van der Waals surface area (Å²) in [5.41, 5.74) is 0.533. The summed E-state index contributed by atoms with van der Waals surface area (Å²) in [6.45, 7) is -0.321. The van der Waals surface area contributed by atoms with Gasteiger partial charge < -0.3 is 9.84 Å².